The van der Waals surface area contributed by atoms with Crippen molar-refractivity contribution in [2.24, 2.45) is 7.05 Å². The van der Waals surface area contributed by atoms with Crippen LogP contribution in [0.4, 0.5) is 0 Å². The van der Waals surface area contributed by atoms with Crippen molar-refractivity contribution in [2.45, 2.75) is 13.5 Å². The monoisotopic (exact) mass is 319 g/mol. The summed E-state index contributed by atoms with van der Waals surface area (Å²) in [7, 11) is 6.36. The number of nitrogens with zero attached hydrogens (tertiary/aromatic N) is 2. The van der Waals surface area contributed by atoms with Gasteiger partial charge in [-0.2, -0.15) is 5.10 Å². The Labute approximate surface area is 135 Å². The molecule has 0 atom stereocenters. The van der Waals surface area contributed by atoms with Gasteiger partial charge in [-0.3, -0.25) is 9.48 Å². The van der Waals surface area contributed by atoms with Gasteiger partial charge in [-0.1, -0.05) is 0 Å². The predicted molar refractivity (Wildman–Crippen MR) is 85.2 cm³/mol. The molecule has 0 saturated heterocycles. The lowest BCUT2D eigenvalue weighted by molar-refractivity contribution is 0.0947. The summed E-state index contributed by atoms with van der Waals surface area (Å²) in [4.78, 5) is 12.5. The molecule has 0 aliphatic heterocycles. The van der Waals surface area contributed by atoms with Gasteiger partial charge in [0.1, 0.15) is 0 Å². The van der Waals surface area contributed by atoms with Crippen molar-refractivity contribution >= 4 is 5.91 Å². The number of amides is 1. The van der Waals surface area contributed by atoms with E-state index in [1.807, 2.05) is 20.2 Å². The van der Waals surface area contributed by atoms with Gasteiger partial charge in [-0.15, -0.1) is 0 Å². The molecule has 23 heavy (non-hydrogen) atoms. The molecular formula is C16H21N3O4. The number of nitrogens with one attached hydrogen (secondary N) is 1. The van der Waals surface area contributed by atoms with Crippen molar-refractivity contribution in [3.8, 4) is 17.2 Å². The van der Waals surface area contributed by atoms with E-state index < -0.39 is 0 Å². The summed E-state index contributed by atoms with van der Waals surface area (Å²) in [5.74, 6) is 0.975. The van der Waals surface area contributed by atoms with Crippen LogP contribution in [0.15, 0.2) is 18.3 Å². The molecule has 2 rings (SSSR count). The van der Waals surface area contributed by atoms with Gasteiger partial charge < -0.3 is 19.5 Å². The minimum absolute atomic E-state index is 0.258. The van der Waals surface area contributed by atoms with E-state index in [0.29, 0.717) is 29.4 Å². The van der Waals surface area contributed by atoms with E-state index in [-0.39, 0.29) is 5.91 Å². The van der Waals surface area contributed by atoms with E-state index in [4.69, 9.17) is 14.2 Å². The molecule has 7 nitrogen and oxygen atoms in total. The number of benzene rings is 1. The molecule has 124 valence electrons. The van der Waals surface area contributed by atoms with Crippen LogP contribution in [0.1, 0.15) is 21.6 Å². The van der Waals surface area contributed by atoms with Crippen molar-refractivity contribution in [3.05, 3.63) is 35.2 Å². The molecule has 0 radical (unpaired) electrons. The average molecular weight is 319 g/mol. The van der Waals surface area contributed by atoms with E-state index in [1.54, 1.807) is 16.8 Å². The highest BCUT2D eigenvalue weighted by atomic mass is 16.5. The number of aryl methyl sites for hydroxylation is 2. The standard InChI is InChI=1S/C16H21N3O4/c1-10-11(9-19(2)18-10)8-17-16(20)12-6-7-13(21-3)15(23-5)14(12)22-4/h6-7,9H,8H2,1-5H3,(H,17,20). The van der Waals surface area contributed by atoms with Crippen LogP contribution < -0.4 is 19.5 Å². The third-order valence-corrected chi connectivity index (χ3v) is 3.50. The van der Waals surface area contributed by atoms with Crippen LogP contribution in [-0.4, -0.2) is 37.0 Å². The smallest absolute Gasteiger partial charge is 0.255 e. The Morgan fingerprint density at radius 3 is 2.39 bits per heavy atom. The van der Waals surface area contributed by atoms with Crippen LogP contribution in [0, 0.1) is 6.92 Å². The fraction of sp³-hybridized carbons (Fsp3) is 0.375. The maximum absolute atomic E-state index is 12.5. The Kier molecular flexibility index (Phi) is 5.10. The maximum atomic E-state index is 12.5. The summed E-state index contributed by atoms with van der Waals surface area (Å²) in [5, 5.41) is 7.11. The molecule has 0 aliphatic rings. The lowest BCUT2D eigenvalue weighted by Gasteiger charge is -2.15. The second-order valence-corrected chi connectivity index (χ2v) is 4.98. The predicted octanol–water partition coefficient (Wildman–Crippen LogP) is 1.68. The minimum atomic E-state index is -0.258. The highest BCUT2D eigenvalue weighted by Gasteiger charge is 2.20. The quantitative estimate of drug-likeness (QED) is 0.877. The first kappa shape index (κ1) is 16.7. The van der Waals surface area contributed by atoms with E-state index >= 15 is 0 Å². The topological polar surface area (TPSA) is 74.6 Å². The maximum Gasteiger partial charge on any atom is 0.255 e. The number of ether oxygens (including phenoxy) is 3. The number of rotatable bonds is 6. The summed E-state index contributed by atoms with van der Waals surface area (Å²) < 4.78 is 17.5. The molecule has 1 amide bonds. The molecule has 1 aromatic carbocycles. The number of carbonyl (C=O) groups is 1. The van der Waals surface area contributed by atoms with Crippen LogP contribution in [0.5, 0.6) is 17.2 Å². The molecule has 0 spiro atoms. The average Bonchev–Trinajstić information content (AvgIpc) is 2.88. The van der Waals surface area contributed by atoms with Gasteiger partial charge >= 0.3 is 0 Å². The van der Waals surface area contributed by atoms with Crippen LogP contribution in [0.25, 0.3) is 0 Å². The molecule has 0 fully saturated rings. The van der Waals surface area contributed by atoms with Gasteiger partial charge in [0, 0.05) is 25.4 Å². The molecule has 1 aromatic heterocycles. The summed E-state index contributed by atoms with van der Waals surface area (Å²) >= 11 is 0. The highest BCUT2D eigenvalue weighted by molar-refractivity contribution is 5.98. The van der Waals surface area contributed by atoms with E-state index in [1.165, 1.54) is 21.3 Å². The zero-order valence-corrected chi connectivity index (χ0v) is 14.0. The Balaban J connectivity index is 2.23. The summed E-state index contributed by atoms with van der Waals surface area (Å²) in [5.41, 5.74) is 2.22. The minimum Gasteiger partial charge on any atom is -0.493 e. The number of hydrogen-bond donors (Lipinski definition) is 1. The largest absolute Gasteiger partial charge is 0.493 e. The van der Waals surface area contributed by atoms with E-state index in [2.05, 4.69) is 10.4 Å². The fourth-order valence-corrected chi connectivity index (χ4v) is 2.37. The molecule has 1 heterocycles. The SMILES string of the molecule is COc1ccc(C(=O)NCc2cn(C)nc2C)c(OC)c1OC. The van der Waals surface area contributed by atoms with Gasteiger partial charge in [0.25, 0.3) is 5.91 Å². The molecule has 0 saturated carbocycles. The van der Waals surface area contributed by atoms with Gasteiger partial charge in [0.05, 0.1) is 32.6 Å². The zero-order valence-electron chi connectivity index (χ0n) is 14.0. The lowest BCUT2D eigenvalue weighted by Crippen LogP contribution is -2.23. The zero-order chi connectivity index (χ0) is 17.0. The van der Waals surface area contributed by atoms with Gasteiger partial charge in [0.2, 0.25) is 5.75 Å². The van der Waals surface area contributed by atoms with Gasteiger partial charge in [-0.25, -0.2) is 0 Å². The van der Waals surface area contributed by atoms with Crippen molar-refractivity contribution in [1.82, 2.24) is 15.1 Å². The summed E-state index contributed by atoms with van der Waals surface area (Å²) in [6, 6.07) is 3.32. The van der Waals surface area contributed by atoms with Crippen LogP contribution >= 0.6 is 0 Å². The highest BCUT2D eigenvalue weighted by Crippen LogP contribution is 2.39. The van der Waals surface area contributed by atoms with Crippen molar-refractivity contribution in [2.75, 3.05) is 21.3 Å². The number of aromatic nitrogens is 2. The van der Waals surface area contributed by atoms with E-state index in [9.17, 15) is 4.79 Å². The van der Waals surface area contributed by atoms with Crippen LogP contribution in [0.2, 0.25) is 0 Å². The van der Waals surface area contributed by atoms with Crippen molar-refractivity contribution in [3.63, 3.8) is 0 Å². The van der Waals surface area contributed by atoms with Crippen LogP contribution in [0.3, 0.4) is 0 Å². The molecule has 0 aliphatic carbocycles. The number of methoxy groups -OCH3 is 3. The molecule has 1 N–H and O–H groups in total. The van der Waals surface area contributed by atoms with Crippen molar-refractivity contribution in [1.29, 1.82) is 0 Å². The molecule has 2 aromatic rings. The van der Waals surface area contributed by atoms with Gasteiger partial charge in [-0.05, 0) is 19.1 Å². The third kappa shape index (κ3) is 3.39. The summed E-state index contributed by atoms with van der Waals surface area (Å²) in [6.07, 6.45) is 1.88. The second kappa shape index (κ2) is 7.04. The Bertz CT molecular complexity index is 710. The first-order valence-corrected chi connectivity index (χ1v) is 7.08. The Morgan fingerprint density at radius 1 is 1.17 bits per heavy atom. The summed E-state index contributed by atoms with van der Waals surface area (Å²) in [6.45, 7) is 2.29. The Morgan fingerprint density at radius 2 is 1.87 bits per heavy atom. The van der Waals surface area contributed by atoms with E-state index in [0.717, 1.165) is 11.3 Å². The molecule has 0 unspecified atom stereocenters. The van der Waals surface area contributed by atoms with Crippen LogP contribution in [-0.2, 0) is 13.6 Å². The van der Waals surface area contributed by atoms with Gasteiger partial charge in [0.15, 0.2) is 11.5 Å². The molecular weight excluding hydrogens is 298 g/mol. The fourth-order valence-electron chi connectivity index (χ4n) is 2.37. The Hall–Kier alpha value is -2.70. The first-order chi connectivity index (χ1) is 11.0. The first-order valence-electron chi connectivity index (χ1n) is 7.08. The van der Waals surface area contributed by atoms with Crippen molar-refractivity contribution < 1.29 is 19.0 Å². The molecule has 7 heteroatoms. The normalized spacial score (nSPS) is 10.3. The lowest BCUT2D eigenvalue weighted by atomic mass is 10.1. The second-order valence-electron chi connectivity index (χ2n) is 4.98. The molecule has 0 bridgehead atoms. The third-order valence-electron chi connectivity index (χ3n) is 3.50. The number of hydrogen-bond acceptors (Lipinski definition) is 5. The number of carbonyl (C=O) groups excluding carboxylic acids is 1.